The van der Waals surface area contributed by atoms with Crippen LogP contribution in [0, 0.1) is 0 Å². The average molecular weight is 244 g/mol. The number of nitrogens with one attached hydrogen (secondary N) is 1. The van der Waals surface area contributed by atoms with E-state index in [-0.39, 0.29) is 0 Å². The Balaban J connectivity index is 2.36. The van der Waals surface area contributed by atoms with Gasteiger partial charge in [0.2, 0.25) is 0 Å². The van der Waals surface area contributed by atoms with E-state index in [9.17, 15) is 13.6 Å². The Morgan fingerprint density at radius 1 is 1.44 bits per heavy atom. The number of hydrogen-bond acceptors (Lipinski definition) is 4. The molecule has 5 nitrogen and oxygen atoms in total. The van der Waals surface area contributed by atoms with Crippen molar-refractivity contribution >= 4 is 11.8 Å². The minimum Gasteiger partial charge on any atom is -0.244 e. The Labute approximate surface area is 92.5 Å². The zero-order chi connectivity index (χ0) is 11.5. The second-order valence-corrected chi connectivity index (χ2v) is 3.86. The largest absolute Gasteiger partial charge is 0.365 e. The Kier molecular flexibility index (Phi) is 3.00. The Morgan fingerprint density at radius 3 is 2.88 bits per heavy atom. The quantitative estimate of drug-likeness (QED) is 0.826. The summed E-state index contributed by atoms with van der Waals surface area (Å²) in [5, 5.41) is 8.94. The van der Waals surface area contributed by atoms with Crippen LogP contribution in [0.15, 0.2) is 34.0 Å². The first kappa shape index (κ1) is 10.8. The highest BCUT2D eigenvalue weighted by Crippen LogP contribution is 2.26. The number of benzene rings is 1. The van der Waals surface area contributed by atoms with Crippen LogP contribution in [-0.2, 0) is 0 Å². The maximum atomic E-state index is 12.1. The standard InChI is InChI=1S/C8H6F2N4OS/c9-7(10)16-6-3-1-2-5(4-6)14-8(15)11-12-13-14/h1-4,7H,(H,11,13,15). The molecule has 0 atom stereocenters. The predicted octanol–water partition coefficient (Wildman–Crippen LogP) is 1.27. The normalized spacial score (nSPS) is 10.9. The van der Waals surface area contributed by atoms with E-state index < -0.39 is 11.4 Å². The highest BCUT2D eigenvalue weighted by molar-refractivity contribution is 7.99. The van der Waals surface area contributed by atoms with Crippen LogP contribution in [0.1, 0.15) is 0 Å². The van der Waals surface area contributed by atoms with Crippen molar-refractivity contribution in [2.75, 3.05) is 0 Å². The Bertz CT molecular complexity index is 539. The molecule has 1 heterocycles. The van der Waals surface area contributed by atoms with E-state index in [1.165, 1.54) is 12.1 Å². The molecule has 0 fully saturated rings. The third kappa shape index (κ3) is 2.27. The molecule has 0 unspecified atom stereocenters. The molecular weight excluding hydrogens is 238 g/mol. The van der Waals surface area contributed by atoms with E-state index in [1.54, 1.807) is 12.1 Å². The van der Waals surface area contributed by atoms with E-state index in [4.69, 9.17) is 0 Å². The van der Waals surface area contributed by atoms with Gasteiger partial charge in [-0.3, -0.25) is 0 Å². The van der Waals surface area contributed by atoms with Crippen LogP contribution in [-0.4, -0.2) is 26.0 Å². The van der Waals surface area contributed by atoms with Crippen LogP contribution >= 0.6 is 11.8 Å². The second kappa shape index (κ2) is 4.44. The van der Waals surface area contributed by atoms with Crippen molar-refractivity contribution in [1.82, 2.24) is 20.2 Å². The fraction of sp³-hybridized carbons (Fsp3) is 0.125. The number of halogens is 2. The molecule has 0 aliphatic heterocycles. The fourth-order valence-electron chi connectivity index (χ4n) is 1.16. The number of thioether (sulfide) groups is 1. The average Bonchev–Trinajstić information content (AvgIpc) is 2.64. The first-order valence-corrected chi connectivity index (χ1v) is 5.10. The second-order valence-electron chi connectivity index (χ2n) is 2.79. The predicted molar refractivity (Wildman–Crippen MR) is 53.8 cm³/mol. The number of hydrogen-bond donors (Lipinski definition) is 1. The summed E-state index contributed by atoms with van der Waals surface area (Å²) in [5.74, 6) is -2.50. The molecule has 0 spiro atoms. The summed E-state index contributed by atoms with van der Waals surface area (Å²) in [4.78, 5) is 11.5. The van der Waals surface area contributed by atoms with Gasteiger partial charge in [-0.05, 0) is 28.6 Å². The van der Waals surface area contributed by atoms with Crippen LogP contribution in [0.25, 0.3) is 5.69 Å². The lowest BCUT2D eigenvalue weighted by Gasteiger charge is -2.02. The zero-order valence-corrected chi connectivity index (χ0v) is 8.62. The number of alkyl halides is 2. The fourth-order valence-corrected chi connectivity index (χ4v) is 1.71. The molecule has 2 aromatic rings. The number of aromatic amines is 1. The van der Waals surface area contributed by atoms with E-state index in [2.05, 4.69) is 15.5 Å². The van der Waals surface area contributed by atoms with Gasteiger partial charge in [0, 0.05) is 4.90 Å². The van der Waals surface area contributed by atoms with E-state index >= 15 is 0 Å². The molecule has 0 saturated carbocycles. The molecule has 0 aliphatic rings. The molecule has 0 amide bonds. The van der Waals surface area contributed by atoms with Gasteiger partial charge >= 0.3 is 5.69 Å². The topological polar surface area (TPSA) is 63.6 Å². The summed E-state index contributed by atoms with van der Waals surface area (Å²) in [5.41, 5.74) is -0.122. The first-order chi connectivity index (χ1) is 7.66. The van der Waals surface area contributed by atoms with E-state index in [1.807, 2.05) is 0 Å². The SMILES string of the molecule is O=c1[nH]nnn1-c1cccc(SC(F)F)c1. The van der Waals surface area contributed by atoms with Crippen molar-refractivity contribution in [2.24, 2.45) is 0 Å². The molecule has 2 rings (SSSR count). The van der Waals surface area contributed by atoms with Crippen LogP contribution < -0.4 is 5.69 Å². The third-order valence-electron chi connectivity index (χ3n) is 1.76. The molecular formula is C8H6F2N4OS. The first-order valence-electron chi connectivity index (χ1n) is 4.22. The molecule has 0 bridgehead atoms. The van der Waals surface area contributed by atoms with Gasteiger partial charge in [0.05, 0.1) is 5.69 Å². The minimum atomic E-state index is -2.50. The van der Waals surface area contributed by atoms with E-state index in [0.29, 0.717) is 22.3 Å². The van der Waals surface area contributed by atoms with Crippen molar-refractivity contribution in [3.05, 3.63) is 34.7 Å². The highest BCUT2D eigenvalue weighted by atomic mass is 32.2. The molecule has 1 N–H and O–H groups in total. The molecule has 84 valence electrons. The van der Waals surface area contributed by atoms with Crippen LogP contribution in [0.5, 0.6) is 0 Å². The number of tetrazole rings is 1. The van der Waals surface area contributed by atoms with E-state index in [0.717, 1.165) is 4.68 Å². The summed E-state index contributed by atoms with van der Waals surface area (Å²) >= 11 is 0.409. The van der Waals surface area contributed by atoms with Crippen LogP contribution in [0.3, 0.4) is 0 Å². The van der Waals surface area contributed by atoms with Gasteiger partial charge in [-0.2, -0.15) is 13.5 Å². The van der Waals surface area contributed by atoms with Crippen molar-refractivity contribution < 1.29 is 8.78 Å². The summed E-state index contributed by atoms with van der Waals surface area (Å²) in [6.07, 6.45) is 0. The summed E-state index contributed by atoms with van der Waals surface area (Å²) in [6.45, 7) is 0. The molecule has 0 aliphatic carbocycles. The van der Waals surface area contributed by atoms with Gasteiger partial charge < -0.3 is 0 Å². The molecule has 1 aromatic carbocycles. The Morgan fingerprint density at radius 2 is 2.25 bits per heavy atom. The van der Waals surface area contributed by atoms with Gasteiger partial charge in [-0.25, -0.2) is 9.89 Å². The van der Waals surface area contributed by atoms with Gasteiger partial charge in [-0.15, -0.1) is 0 Å². The maximum Gasteiger partial charge on any atom is 0.365 e. The zero-order valence-electron chi connectivity index (χ0n) is 7.80. The lowest BCUT2D eigenvalue weighted by molar-refractivity contribution is 0.252. The van der Waals surface area contributed by atoms with Gasteiger partial charge in [0.15, 0.2) is 0 Å². The number of aromatic nitrogens is 4. The summed E-state index contributed by atoms with van der Waals surface area (Å²) in [7, 11) is 0. The van der Waals surface area contributed by atoms with Crippen LogP contribution in [0.2, 0.25) is 0 Å². The number of rotatable bonds is 3. The highest BCUT2D eigenvalue weighted by Gasteiger charge is 2.08. The van der Waals surface area contributed by atoms with Gasteiger partial charge in [0.1, 0.15) is 0 Å². The van der Waals surface area contributed by atoms with Crippen LogP contribution in [0.4, 0.5) is 8.78 Å². The Hall–Kier alpha value is -1.70. The van der Waals surface area contributed by atoms with Gasteiger partial charge in [-0.1, -0.05) is 17.8 Å². The van der Waals surface area contributed by atoms with Gasteiger partial charge in [0.25, 0.3) is 5.76 Å². The lowest BCUT2D eigenvalue weighted by Crippen LogP contribution is -2.15. The minimum absolute atomic E-state index is 0.363. The monoisotopic (exact) mass is 244 g/mol. The summed E-state index contributed by atoms with van der Waals surface area (Å²) in [6, 6.07) is 6.13. The molecule has 0 saturated heterocycles. The van der Waals surface area contributed by atoms with Crippen molar-refractivity contribution in [2.45, 2.75) is 10.7 Å². The lowest BCUT2D eigenvalue weighted by atomic mass is 10.3. The number of nitrogens with zero attached hydrogens (tertiary/aromatic N) is 3. The maximum absolute atomic E-state index is 12.1. The van der Waals surface area contributed by atoms with Crippen molar-refractivity contribution in [3.63, 3.8) is 0 Å². The number of H-pyrrole nitrogens is 1. The molecule has 1 aromatic heterocycles. The van der Waals surface area contributed by atoms with Crippen molar-refractivity contribution in [1.29, 1.82) is 0 Å². The van der Waals surface area contributed by atoms with Crippen molar-refractivity contribution in [3.8, 4) is 5.69 Å². The molecule has 16 heavy (non-hydrogen) atoms. The molecule has 0 radical (unpaired) electrons. The third-order valence-corrected chi connectivity index (χ3v) is 2.46. The summed E-state index contributed by atoms with van der Waals surface area (Å²) < 4.78 is 25.3. The smallest absolute Gasteiger partial charge is 0.244 e. The molecule has 8 heteroatoms.